The van der Waals surface area contributed by atoms with Crippen molar-refractivity contribution in [1.29, 1.82) is 5.26 Å². The Kier molecular flexibility index (Phi) is 5.11. The number of carbonyl (C=O) groups excluding carboxylic acids is 2. The summed E-state index contributed by atoms with van der Waals surface area (Å²) in [7, 11) is 0. The molecule has 0 spiro atoms. The van der Waals surface area contributed by atoms with Crippen molar-refractivity contribution in [2.45, 2.75) is 0 Å². The second-order valence-corrected chi connectivity index (χ2v) is 3.74. The first kappa shape index (κ1) is 14.0. The molecule has 0 bridgehead atoms. The Bertz CT molecular complexity index is 510. The molecule has 0 radical (unpaired) electrons. The van der Waals surface area contributed by atoms with Crippen LogP contribution in [0.3, 0.4) is 0 Å². The van der Waals surface area contributed by atoms with Gasteiger partial charge in [-0.15, -0.1) is 0 Å². The summed E-state index contributed by atoms with van der Waals surface area (Å²) in [5.74, 6) is -0.831. The quantitative estimate of drug-likeness (QED) is 0.725. The molecule has 0 aliphatic heterocycles. The molecule has 0 saturated carbocycles. The number of benzene rings is 1. The van der Waals surface area contributed by atoms with E-state index in [1.807, 2.05) is 6.07 Å². The number of rotatable bonds is 4. The number of carbonyl (C=O) groups is 2. The minimum atomic E-state index is -0.418. The summed E-state index contributed by atoms with van der Waals surface area (Å²) in [5, 5.41) is 13.9. The van der Waals surface area contributed by atoms with E-state index in [0.29, 0.717) is 10.7 Å². The van der Waals surface area contributed by atoms with E-state index < -0.39 is 11.8 Å². The van der Waals surface area contributed by atoms with Crippen LogP contribution in [-0.2, 0) is 9.59 Å². The molecule has 0 aromatic heterocycles. The maximum absolute atomic E-state index is 11.4. The molecule has 0 fully saturated rings. The van der Waals surface area contributed by atoms with E-state index in [4.69, 9.17) is 22.6 Å². The van der Waals surface area contributed by atoms with Crippen LogP contribution in [0.2, 0.25) is 5.02 Å². The Morgan fingerprint density at radius 1 is 1.39 bits per heavy atom. The van der Waals surface area contributed by atoms with Crippen molar-refractivity contribution in [2.24, 2.45) is 5.73 Å². The average molecular weight is 267 g/mol. The van der Waals surface area contributed by atoms with Crippen molar-refractivity contribution in [3.63, 3.8) is 0 Å². The number of anilines is 1. The Morgan fingerprint density at radius 2 is 2.11 bits per heavy atom. The number of nitrogens with two attached hydrogens (primary N) is 1. The van der Waals surface area contributed by atoms with Crippen LogP contribution < -0.4 is 16.4 Å². The maximum atomic E-state index is 11.4. The van der Waals surface area contributed by atoms with Gasteiger partial charge in [0.05, 0.1) is 23.7 Å². The minimum Gasteiger partial charge on any atom is -0.346 e. The standard InChI is InChI=1S/C11H11ClN4O2/c12-9-2-1-8(3-7(9)4-13)16-11(18)6-15-10(17)5-14/h1-3H,5-6,14H2,(H,15,17)(H,16,18). The summed E-state index contributed by atoms with van der Waals surface area (Å²) in [6, 6.07) is 6.42. The molecule has 2 amide bonds. The summed E-state index contributed by atoms with van der Waals surface area (Å²) >= 11 is 5.75. The van der Waals surface area contributed by atoms with Crippen LogP contribution in [0.4, 0.5) is 5.69 Å². The molecule has 18 heavy (non-hydrogen) atoms. The van der Waals surface area contributed by atoms with Crippen LogP contribution >= 0.6 is 11.6 Å². The Morgan fingerprint density at radius 3 is 2.72 bits per heavy atom. The van der Waals surface area contributed by atoms with Gasteiger partial charge in [-0.25, -0.2) is 0 Å². The van der Waals surface area contributed by atoms with E-state index in [1.54, 1.807) is 6.07 Å². The van der Waals surface area contributed by atoms with Crippen molar-refractivity contribution in [1.82, 2.24) is 5.32 Å². The second-order valence-electron chi connectivity index (χ2n) is 3.34. The third-order valence-corrected chi connectivity index (χ3v) is 2.33. The van der Waals surface area contributed by atoms with Crippen molar-refractivity contribution in [2.75, 3.05) is 18.4 Å². The van der Waals surface area contributed by atoms with E-state index >= 15 is 0 Å². The number of hydrogen-bond donors (Lipinski definition) is 3. The SMILES string of the molecule is N#Cc1cc(NC(=O)CNC(=O)CN)ccc1Cl. The molecule has 0 saturated heterocycles. The number of amides is 2. The lowest BCUT2D eigenvalue weighted by Crippen LogP contribution is -2.36. The smallest absolute Gasteiger partial charge is 0.243 e. The predicted octanol–water partition coefficient (Wildman–Crippen LogP) is 0.225. The van der Waals surface area contributed by atoms with Crippen LogP contribution in [0.1, 0.15) is 5.56 Å². The predicted molar refractivity (Wildman–Crippen MR) is 66.9 cm³/mol. The van der Waals surface area contributed by atoms with E-state index in [-0.39, 0.29) is 18.7 Å². The number of halogens is 1. The van der Waals surface area contributed by atoms with Crippen LogP contribution in [-0.4, -0.2) is 24.9 Å². The van der Waals surface area contributed by atoms with Gasteiger partial charge in [0.2, 0.25) is 11.8 Å². The van der Waals surface area contributed by atoms with Crippen LogP contribution in [0, 0.1) is 11.3 Å². The Balaban J connectivity index is 2.60. The van der Waals surface area contributed by atoms with Gasteiger partial charge in [0, 0.05) is 5.69 Å². The molecule has 6 nitrogen and oxygen atoms in total. The fourth-order valence-electron chi connectivity index (χ4n) is 1.14. The average Bonchev–Trinajstić information content (AvgIpc) is 2.38. The fourth-order valence-corrected chi connectivity index (χ4v) is 1.30. The molecular weight excluding hydrogens is 256 g/mol. The molecule has 7 heteroatoms. The Hall–Kier alpha value is -2.10. The lowest BCUT2D eigenvalue weighted by Gasteiger charge is -2.07. The van der Waals surface area contributed by atoms with Gasteiger partial charge in [0.1, 0.15) is 6.07 Å². The first-order valence-corrected chi connectivity index (χ1v) is 5.41. The van der Waals surface area contributed by atoms with Crippen molar-refractivity contribution >= 4 is 29.1 Å². The zero-order valence-corrected chi connectivity index (χ0v) is 10.1. The van der Waals surface area contributed by atoms with E-state index in [2.05, 4.69) is 10.6 Å². The van der Waals surface area contributed by atoms with Gasteiger partial charge in [-0.3, -0.25) is 9.59 Å². The highest BCUT2D eigenvalue weighted by molar-refractivity contribution is 6.31. The zero-order valence-electron chi connectivity index (χ0n) is 9.37. The molecule has 1 rings (SSSR count). The van der Waals surface area contributed by atoms with Gasteiger partial charge in [0.25, 0.3) is 0 Å². The topological polar surface area (TPSA) is 108 Å². The summed E-state index contributed by atoms with van der Waals surface area (Å²) < 4.78 is 0. The molecule has 1 aromatic carbocycles. The summed E-state index contributed by atoms with van der Waals surface area (Å²) in [6.45, 7) is -0.354. The number of nitriles is 1. The largest absolute Gasteiger partial charge is 0.346 e. The van der Waals surface area contributed by atoms with Gasteiger partial charge in [0.15, 0.2) is 0 Å². The highest BCUT2D eigenvalue weighted by Gasteiger charge is 2.06. The normalized spacial score (nSPS) is 9.39. The van der Waals surface area contributed by atoms with Gasteiger partial charge < -0.3 is 16.4 Å². The molecule has 0 aliphatic rings. The van der Waals surface area contributed by atoms with E-state index in [0.717, 1.165) is 0 Å². The molecular formula is C11H11ClN4O2. The first-order chi connectivity index (χ1) is 8.56. The number of hydrogen-bond acceptors (Lipinski definition) is 4. The van der Waals surface area contributed by atoms with Crippen LogP contribution in [0.15, 0.2) is 18.2 Å². The summed E-state index contributed by atoms with van der Waals surface area (Å²) in [4.78, 5) is 22.3. The highest BCUT2D eigenvalue weighted by Crippen LogP contribution is 2.19. The second kappa shape index (κ2) is 6.59. The summed E-state index contributed by atoms with van der Waals surface area (Å²) in [6.07, 6.45) is 0. The third kappa shape index (κ3) is 4.05. The lowest BCUT2D eigenvalue weighted by molar-refractivity contribution is -0.123. The number of nitrogens with zero attached hydrogens (tertiary/aromatic N) is 1. The summed E-state index contributed by atoms with van der Waals surface area (Å²) in [5.41, 5.74) is 5.77. The molecule has 0 unspecified atom stereocenters. The van der Waals surface area contributed by atoms with E-state index in [1.165, 1.54) is 12.1 Å². The monoisotopic (exact) mass is 266 g/mol. The Labute approximate surface area is 109 Å². The molecule has 1 aromatic rings. The van der Waals surface area contributed by atoms with E-state index in [9.17, 15) is 9.59 Å². The first-order valence-electron chi connectivity index (χ1n) is 5.03. The van der Waals surface area contributed by atoms with Gasteiger partial charge >= 0.3 is 0 Å². The number of nitrogens with one attached hydrogen (secondary N) is 2. The third-order valence-electron chi connectivity index (χ3n) is 2.00. The van der Waals surface area contributed by atoms with Gasteiger partial charge in [-0.05, 0) is 18.2 Å². The molecule has 0 heterocycles. The van der Waals surface area contributed by atoms with Crippen molar-refractivity contribution in [3.8, 4) is 6.07 Å². The molecule has 0 aliphatic carbocycles. The molecule has 94 valence electrons. The van der Waals surface area contributed by atoms with Crippen molar-refractivity contribution in [3.05, 3.63) is 28.8 Å². The van der Waals surface area contributed by atoms with Gasteiger partial charge in [-0.2, -0.15) is 5.26 Å². The maximum Gasteiger partial charge on any atom is 0.243 e. The van der Waals surface area contributed by atoms with Gasteiger partial charge in [-0.1, -0.05) is 11.6 Å². The molecule has 4 N–H and O–H groups in total. The fraction of sp³-hybridized carbons (Fsp3) is 0.182. The molecule has 0 atom stereocenters. The van der Waals surface area contributed by atoms with Crippen LogP contribution in [0.5, 0.6) is 0 Å². The minimum absolute atomic E-state index is 0.174. The van der Waals surface area contributed by atoms with Crippen LogP contribution in [0.25, 0.3) is 0 Å². The lowest BCUT2D eigenvalue weighted by atomic mass is 10.2. The highest BCUT2D eigenvalue weighted by atomic mass is 35.5. The van der Waals surface area contributed by atoms with Crippen molar-refractivity contribution < 1.29 is 9.59 Å². The zero-order chi connectivity index (χ0) is 13.5.